The third-order valence-electron chi connectivity index (χ3n) is 6.45. The number of hydrogen-bond acceptors (Lipinski definition) is 3. The first-order valence-corrected chi connectivity index (χ1v) is 11.4. The lowest BCUT2D eigenvalue weighted by Gasteiger charge is -2.33. The number of benzene rings is 2. The molecule has 6 heteroatoms. The molecule has 1 spiro atoms. The Morgan fingerprint density at radius 3 is 2.53 bits per heavy atom. The van der Waals surface area contributed by atoms with Crippen molar-refractivity contribution in [3.63, 3.8) is 0 Å². The Labute approximate surface area is 189 Å². The second-order valence-corrected chi connectivity index (χ2v) is 9.37. The predicted molar refractivity (Wildman–Crippen MR) is 123 cm³/mol. The van der Waals surface area contributed by atoms with Crippen molar-refractivity contribution in [3.05, 3.63) is 70.8 Å². The van der Waals surface area contributed by atoms with E-state index in [1.54, 1.807) is 0 Å². The molecule has 168 valence electrons. The van der Waals surface area contributed by atoms with Crippen LogP contribution in [0.1, 0.15) is 61.9 Å². The van der Waals surface area contributed by atoms with E-state index in [1.165, 1.54) is 5.56 Å². The van der Waals surface area contributed by atoms with Crippen LogP contribution < -0.4 is 10.6 Å². The molecule has 0 saturated carbocycles. The van der Waals surface area contributed by atoms with E-state index in [1.807, 2.05) is 43.3 Å². The molecule has 2 unspecified atom stereocenters. The predicted octanol–water partition coefficient (Wildman–Crippen LogP) is 3.85. The molecule has 2 N–H and O–H groups in total. The first-order valence-electron chi connectivity index (χ1n) is 11.4. The first-order chi connectivity index (χ1) is 15.3. The Balaban J connectivity index is 1.43. The lowest BCUT2D eigenvalue weighted by molar-refractivity contribution is -0.135. The molecule has 1 aliphatic carbocycles. The number of carbonyl (C=O) groups excluding carboxylic acids is 3. The van der Waals surface area contributed by atoms with Gasteiger partial charge in [0.05, 0.1) is 6.04 Å². The Hall–Kier alpha value is -3.15. The van der Waals surface area contributed by atoms with Gasteiger partial charge in [-0.2, -0.15) is 0 Å². The molecule has 4 amide bonds. The van der Waals surface area contributed by atoms with Crippen molar-refractivity contribution in [2.24, 2.45) is 5.92 Å². The van der Waals surface area contributed by atoms with Gasteiger partial charge in [-0.1, -0.05) is 62.4 Å². The van der Waals surface area contributed by atoms with Crippen molar-refractivity contribution >= 4 is 17.8 Å². The number of hydrogen-bond donors (Lipinski definition) is 2. The first kappa shape index (κ1) is 22.1. The highest BCUT2D eigenvalue weighted by Gasteiger charge is 2.54. The molecule has 2 aromatic carbocycles. The van der Waals surface area contributed by atoms with Crippen LogP contribution in [0.3, 0.4) is 0 Å². The van der Waals surface area contributed by atoms with E-state index in [4.69, 9.17) is 0 Å². The van der Waals surface area contributed by atoms with E-state index in [0.29, 0.717) is 12.3 Å². The maximum Gasteiger partial charge on any atom is 0.325 e. The van der Waals surface area contributed by atoms with Crippen LogP contribution in [-0.4, -0.2) is 29.3 Å². The molecule has 2 atom stereocenters. The number of fused-ring (bicyclic) bond motifs is 2. The van der Waals surface area contributed by atoms with Crippen molar-refractivity contribution in [1.82, 2.24) is 15.5 Å². The number of rotatable bonds is 6. The zero-order valence-electron chi connectivity index (χ0n) is 19.0. The maximum atomic E-state index is 13.3. The molecule has 1 fully saturated rings. The van der Waals surface area contributed by atoms with Crippen LogP contribution in [0.5, 0.6) is 0 Å². The van der Waals surface area contributed by atoms with Crippen LogP contribution in [0, 0.1) is 5.92 Å². The van der Waals surface area contributed by atoms with Crippen LogP contribution >= 0.6 is 0 Å². The van der Waals surface area contributed by atoms with Gasteiger partial charge in [0.2, 0.25) is 5.91 Å². The summed E-state index contributed by atoms with van der Waals surface area (Å²) in [5.41, 5.74) is 3.13. The molecular weight excluding hydrogens is 402 g/mol. The van der Waals surface area contributed by atoms with E-state index in [2.05, 4.69) is 36.6 Å². The Morgan fingerprint density at radius 2 is 1.81 bits per heavy atom. The molecule has 2 aromatic rings. The van der Waals surface area contributed by atoms with Gasteiger partial charge in [-0.25, -0.2) is 4.79 Å². The lowest BCUT2D eigenvalue weighted by Crippen LogP contribution is -2.47. The van der Waals surface area contributed by atoms with Crippen molar-refractivity contribution in [2.45, 2.75) is 58.0 Å². The molecule has 0 radical (unpaired) electrons. The zero-order valence-corrected chi connectivity index (χ0v) is 19.0. The van der Waals surface area contributed by atoms with Crippen molar-refractivity contribution in [1.29, 1.82) is 0 Å². The van der Waals surface area contributed by atoms with Gasteiger partial charge < -0.3 is 10.6 Å². The number of imide groups is 1. The highest BCUT2D eigenvalue weighted by Crippen LogP contribution is 2.39. The largest absolute Gasteiger partial charge is 0.348 e. The minimum atomic E-state index is -1.05. The number of carbonyl (C=O) groups is 3. The van der Waals surface area contributed by atoms with Crippen molar-refractivity contribution in [3.8, 4) is 0 Å². The molecule has 1 saturated heterocycles. The van der Waals surface area contributed by atoms with Crippen molar-refractivity contribution in [2.75, 3.05) is 6.54 Å². The Kier molecular flexibility index (Phi) is 6.04. The summed E-state index contributed by atoms with van der Waals surface area (Å²) in [6.07, 6.45) is 3.26. The van der Waals surface area contributed by atoms with Crippen LogP contribution in [0.2, 0.25) is 0 Å². The van der Waals surface area contributed by atoms with E-state index < -0.39 is 11.6 Å². The molecule has 4 rings (SSSR count). The molecule has 32 heavy (non-hydrogen) atoms. The number of amides is 4. The third-order valence-corrected chi connectivity index (χ3v) is 6.45. The highest BCUT2D eigenvalue weighted by atomic mass is 16.2. The summed E-state index contributed by atoms with van der Waals surface area (Å²) >= 11 is 0. The number of nitrogens with zero attached hydrogens (tertiary/aromatic N) is 1. The average Bonchev–Trinajstić information content (AvgIpc) is 2.99. The molecule has 2 aliphatic rings. The maximum absolute atomic E-state index is 13.3. The molecule has 1 aliphatic heterocycles. The summed E-state index contributed by atoms with van der Waals surface area (Å²) in [7, 11) is 0. The average molecular weight is 434 g/mol. The van der Waals surface area contributed by atoms with Crippen LogP contribution in [0.15, 0.2) is 48.5 Å². The third kappa shape index (κ3) is 4.14. The minimum Gasteiger partial charge on any atom is -0.348 e. The summed E-state index contributed by atoms with van der Waals surface area (Å²) < 4.78 is 0. The quantitative estimate of drug-likeness (QED) is 0.680. The van der Waals surface area contributed by atoms with E-state index in [-0.39, 0.29) is 24.4 Å². The van der Waals surface area contributed by atoms with Gasteiger partial charge in [0.1, 0.15) is 12.1 Å². The SMILES string of the molecule is CC(C)Cc1ccc(C(C)NC(=O)CN2C(=O)NC3(CCCc4ccccc43)C2=O)cc1. The molecule has 0 bridgehead atoms. The van der Waals surface area contributed by atoms with E-state index in [9.17, 15) is 14.4 Å². The van der Waals surface area contributed by atoms with E-state index >= 15 is 0 Å². The fourth-order valence-electron chi connectivity index (χ4n) is 4.88. The van der Waals surface area contributed by atoms with Gasteiger partial charge in [-0.05, 0) is 60.8 Å². The van der Waals surface area contributed by atoms with Crippen molar-refractivity contribution < 1.29 is 14.4 Å². The van der Waals surface area contributed by atoms with Gasteiger partial charge in [0.25, 0.3) is 5.91 Å². The van der Waals surface area contributed by atoms with Crippen LogP contribution in [0.4, 0.5) is 4.79 Å². The summed E-state index contributed by atoms with van der Waals surface area (Å²) in [4.78, 5) is 39.8. The van der Waals surface area contributed by atoms with Gasteiger partial charge in [-0.15, -0.1) is 0 Å². The summed E-state index contributed by atoms with van der Waals surface area (Å²) in [6, 6.07) is 15.2. The smallest absolute Gasteiger partial charge is 0.325 e. The van der Waals surface area contributed by atoms with Crippen LogP contribution in [0.25, 0.3) is 0 Å². The summed E-state index contributed by atoms with van der Waals surface area (Å²) in [5.74, 6) is -0.106. The fraction of sp³-hybridized carbons (Fsp3) is 0.423. The van der Waals surface area contributed by atoms with Gasteiger partial charge in [0.15, 0.2) is 0 Å². The minimum absolute atomic E-state index is 0.222. The molecular formula is C26H31N3O3. The monoisotopic (exact) mass is 433 g/mol. The number of aryl methyl sites for hydroxylation is 1. The molecule has 6 nitrogen and oxygen atoms in total. The topological polar surface area (TPSA) is 78.5 Å². The lowest BCUT2D eigenvalue weighted by atomic mass is 9.76. The molecule has 1 heterocycles. The van der Waals surface area contributed by atoms with Gasteiger partial charge in [0, 0.05) is 0 Å². The standard InChI is InChI=1S/C26H31N3O3/c1-17(2)15-19-10-12-20(13-11-19)18(3)27-23(30)16-29-24(31)26(28-25(29)32)14-6-8-21-7-4-5-9-22(21)26/h4-5,7,9-13,17-18H,6,8,14-16H2,1-3H3,(H,27,30)(H,28,32). The normalized spacial score (nSPS) is 20.9. The molecule has 0 aromatic heterocycles. The fourth-order valence-corrected chi connectivity index (χ4v) is 4.88. The number of nitrogens with one attached hydrogen (secondary N) is 2. The Morgan fingerprint density at radius 1 is 1.09 bits per heavy atom. The van der Waals surface area contributed by atoms with Gasteiger partial charge in [-0.3, -0.25) is 14.5 Å². The highest BCUT2D eigenvalue weighted by molar-refractivity contribution is 6.09. The summed E-state index contributed by atoms with van der Waals surface area (Å²) in [5, 5.41) is 5.82. The van der Waals surface area contributed by atoms with E-state index in [0.717, 1.165) is 40.9 Å². The second-order valence-electron chi connectivity index (χ2n) is 9.37. The summed E-state index contributed by atoms with van der Waals surface area (Å²) in [6.45, 7) is 5.98. The second kappa shape index (κ2) is 8.77. The zero-order chi connectivity index (χ0) is 22.9. The Bertz CT molecular complexity index is 1030. The van der Waals surface area contributed by atoms with Gasteiger partial charge >= 0.3 is 6.03 Å². The number of urea groups is 1. The van der Waals surface area contributed by atoms with Crippen LogP contribution in [-0.2, 0) is 28.0 Å².